The molecule has 1 aromatic carbocycles. The van der Waals surface area contributed by atoms with Crippen LogP contribution in [0.2, 0.25) is 0 Å². The van der Waals surface area contributed by atoms with E-state index < -0.39 is 34.0 Å². The number of imide groups is 1. The predicted octanol–water partition coefficient (Wildman–Crippen LogP) is -0.430. The normalized spacial score (nSPS) is 10.8. The fraction of sp³-hybridized carbons (Fsp3) is 0.182. The molecule has 0 spiro atoms. The van der Waals surface area contributed by atoms with E-state index in [0.717, 1.165) is 6.07 Å². The Bertz CT molecular complexity index is 636. The van der Waals surface area contributed by atoms with Gasteiger partial charge in [0.15, 0.2) is 0 Å². The Morgan fingerprint density at radius 3 is 2.32 bits per heavy atom. The lowest BCUT2D eigenvalue weighted by molar-refractivity contribution is -0.126. The van der Waals surface area contributed by atoms with Gasteiger partial charge in [0.1, 0.15) is 5.78 Å². The second-order valence-corrected chi connectivity index (χ2v) is 5.33. The van der Waals surface area contributed by atoms with E-state index >= 15 is 0 Å². The van der Waals surface area contributed by atoms with Gasteiger partial charge in [0.25, 0.3) is 5.91 Å². The number of benzene rings is 1. The Hall–Kier alpha value is -2.06. The van der Waals surface area contributed by atoms with Crippen molar-refractivity contribution in [2.24, 2.45) is 5.14 Å². The van der Waals surface area contributed by atoms with E-state index in [1.807, 2.05) is 5.32 Å². The molecule has 19 heavy (non-hydrogen) atoms. The Balaban J connectivity index is 3.02. The lowest BCUT2D eigenvalue weighted by Crippen LogP contribution is -2.33. The molecule has 0 aliphatic rings. The van der Waals surface area contributed by atoms with Crippen molar-refractivity contribution in [3.8, 4) is 0 Å². The minimum Gasteiger partial charge on any atom is -0.299 e. The van der Waals surface area contributed by atoms with Crippen LogP contribution in [0.4, 0.5) is 0 Å². The van der Waals surface area contributed by atoms with Gasteiger partial charge in [-0.15, -0.1) is 0 Å². The lowest BCUT2D eigenvalue weighted by atomic mass is 10.2. The molecule has 0 saturated carbocycles. The van der Waals surface area contributed by atoms with E-state index in [2.05, 4.69) is 0 Å². The molecule has 0 bridgehead atoms. The number of carbonyl (C=O) groups is 3. The molecule has 0 aromatic heterocycles. The van der Waals surface area contributed by atoms with Gasteiger partial charge in [-0.3, -0.25) is 19.7 Å². The quantitative estimate of drug-likeness (QED) is 0.726. The average molecular weight is 284 g/mol. The highest BCUT2D eigenvalue weighted by Crippen LogP contribution is 2.13. The molecule has 0 unspecified atom stereocenters. The zero-order valence-electron chi connectivity index (χ0n) is 10.0. The summed E-state index contributed by atoms with van der Waals surface area (Å²) in [6, 6.07) is 5.20. The van der Waals surface area contributed by atoms with Gasteiger partial charge in [-0.25, -0.2) is 13.6 Å². The Labute approximate surface area is 109 Å². The summed E-state index contributed by atoms with van der Waals surface area (Å²) in [6.45, 7) is 1.20. The van der Waals surface area contributed by atoms with Gasteiger partial charge >= 0.3 is 0 Å². The number of sulfonamides is 1. The molecule has 1 rings (SSSR count). The Morgan fingerprint density at radius 2 is 1.79 bits per heavy atom. The molecule has 2 amide bonds. The number of hydrogen-bond donors (Lipinski definition) is 2. The van der Waals surface area contributed by atoms with E-state index in [-0.39, 0.29) is 10.5 Å². The first kappa shape index (κ1) is 15.0. The van der Waals surface area contributed by atoms with Crippen LogP contribution in [0.5, 0.6) is 0 Å². The van der Waals surface area contributed by atoms with Crippen molar-refractivity contribution >= 4 is 27.6 Å². The smallest absolute Gasteiger partial charge is 0.259 e. The van der Waals surface area contributed by atoms with Crippen LogP contribution in [0, 0.1) is 0 Å². The van der Waals surface area contributed by atoms with Gasteiger partial charge in [-0.05, 0) is 19.1 Å². The van der Waals surface area contributed by atoms with E-state index in [1.165, 1.54) is 25.1 Å². The highest BCUT2D eigenvalue weighted by atomic mass is 32.2. The summed E-state index contributed by atoms with van der Waals surface area (Å²) < 4.78 is 22.6. The average Bonchev–Trinajstić information content (AvgIpc) is 2.26. The molecule has 0 aliphatic heterocycles. The van der Waals surface area contributed by atoms with E-state index in [9.17, 15) is 22.8 Å². The fourth-order valence-electron chi connectivity index (χ4n) is 1.37. The van der Waals surface area contributed by atoms with E-state index in [1.54, 1.807) is 0 Å². The molecule has 7 nitrogen and oxygen atoms in total. The molecule has 0 heterocycles. The molecule has 8 heteroatoms. The molecule has 0 atom stereocenters. The zero-order valence-corrected chi connectivity index (χ0v) is 10.9. The van der Waals surface area contributed by atoms with Crippen LogP contribution in [-0.4, -0.2) is 26.0 Å². The second-order valence-electron chi connectivity index (χ2n) is 3.80. The van der Waals surface area contributed by atoms with Gasteiger partial charge in [0.2, 0.25) is 15.9 Å². The first-order chi connectivity index (χ1) is 8.71. The number of amides is 2. The van der Waals surface area contributed by atoms with Crippen molar-refractivity contribution in [3.05, 3.63) is 29.8 Å². The number of hydrogen-bond acceptors (Lipinski definition) is 5. The number of nitrogens with one attached hydrogen (secondary N) is 1. The molecule has 0 saturated heterocycles. The van der Waals surface area contributed by atoms with Crippen molar-refractivity contribution in [1.82, 2.24) is 5.32 Å². The van der Waals surface area contributed by atoms with Crippen LogP contribution in [0.3, 0.4) is 0 Å². The molecule has 102 valence electrons. The van der Waals surface area contributed by atoms with Crippen LogP contribution in [0.1, 0.15) is 23.7 Å². The monoisotopic (exact) mass is 284 g/mol. The number of carbonyl (C=O) groups excluding carboxylic acids is 3. The standard InChI is InChI=1S/C11H12N2O5S/c1-7(14)6-10(15)13-11(16)8-4-2-3-5-9(8)19(12,17)18/h2-5H,6H2,1H3,(H2,12,17,18)(H,13,15,16). The van der Waals surface area contributed by atoms with Gasteiger partial charge in [0.05, 0.1) is 16.9 Å². The maximum atomic E-state index is 11.7. The number of primary sulfonamides is 1. The summed E-state index contributed by atoms with van der Waals surface area (Å²) in [6.07, 6.45) is -0.455. The van der Waals surface area contributed by atoms with Crippen molar-refractivity contribution in [2.75, 3.05) is 0 Å². The van der Waals surface area contributed by atoms with Gasteiger partial charge in [-0.1, -0.05) is 12.1 Å². The SMILES string of the molecule is CC(=O)CC(=O)NC(=O)c1ccccc1S(N)(=O)=O. The summed E-state index contributed by atoms with van der Waals surface area (Å²) in [5, 5.41) is 6.88. The maximum absolute atomic E-state index is 11.7. The van der Waals surface area contributed by atoms with Crippen LogP contribution in [0.15, 0.2) is 29.2 Å². The summed E-state index contributed by atoms with van der Waals surface area (Å²) in [5.74, 6) is -2.14. The largest absolute Gasteiger partial charge is 0.299 e. The van der Waals surface area contributed by atoms with E-state index in [0.29, 0.717) is 0 Å². The van der Waals surface area contributed by atoms with Gasteiger partial charge in [-0.2, -0.15) is 0 Å². The topological polar surface area (TPSA) is 123 Å². The number of rotatable bonds is 4. The third-order valence-corrected chi connectivity index (χ3v) is 3.07. The minimum atomic E-state index is -4.08. The number of Topliss-reactive ketones (excluding diaryl/α,β-unsaturated/α-hetero) is 1. The second kappa shape index (κ2) is 5.72. The van der Waals surface area contributed by atoms with Crippen LogP contribution >= 0.6 is 0 Å². The van der Waals surface area contributed by atoms with Gasteiger partial charge < -0.3 is 0 Å². The minimum absolute atomic E-state index is 0.248. The summed E-state index contributed by atoms with van der Waals surface area (Å²) in [7, 11) is -4.08. The van der Waals surface area contributed by atoms with Crippen molar-refractivity contribution in [3.63, 3.8) is 0 Å². The maximum Gasteiger partial charge on any atom is 0.259 e. The highest BCUT2D eigenvalue weighted by molar-refractivity contribution is 7.89. The first-order valence-electron chi connectivity index (χ1n) is 5.17. The summed E-state index contributed by atoms with van der Waals surface area (Å²) in [5.41, 5.74) is -0.248. The highest BCUT2D eigenvalue weighted by Gasteiger charge is 2.20. The fourth-order valence-corrected chi connectivity index (χ4v) is 2.10. The van der Waals surface area contributed by atoms with Crippen LogP contribution in [0.25, 0.3) is 0 Å². The molecule has 1 aromatic rings. The van der Waals surface area contributed by atoms with E-state index in [4.69, 9.17) is 5.14 Å². The van der Waals surface area contributed by atoms with Gasteiger partial charge in [0, 0.05) is 0 Å². The van der Waals surface area contributed by atoms with Crippen molar-refractivity contribution in [1.29, 1.82) is 0 Å². The molecular weight excluding hydrogens is 272 g/mol. The third kappa shape index (κ3) is 4.27. The molecule has 0 radical (unpaired) electrons. The Morgan fingerprint density at radius 1 is 1.21 bits per heavy atom. The summed E-state index contributed by atoms with van der Waals surface area (Å²) in [4.78, 5) is 33.3. The van der Waals surface area contributed by atoms with Crippen molar-refractivity contribution in [2.45, 2.75) is 18.2 Å². The summed E-state index contributed by atoms with van der Waals surface area (Å²) >= 11 is 0. The first-order valence-corrected chi connectivity index (χ1v) is 6.72. The number of nitrogens with two attached hydrogens (primary N) is 1. The molecular formula is C11H12N2O5S. The lowest BCUT2D eigenvalue weighted by Gasteiger charge is -2.07. The van der Waals surface area contributed by atoms with Crippen LogP contribution in [-0.2, 0) is 19.6 Å². The molecule has 0 fully saturated rings. The number of ketones is 1. The van der Waals surface area contributed by atoms with Crippen LogP contribution < -0.4 is 10.5 Å². The third-order valence-electron chi connectivity index (χ3n) is 2.10. The molecule has 3 N–H and O–H groups in total. The predicted molar refractivity (Wildman–Crippen MR) is 65.6 cm³/mol. The van der Waals surface area contributed by atoms with Crippen molar-refractivity contribution < 1.29 is 22.8 Å². The molecule has 0 aliphatic carbocycles. The zero-order chi connectivity index (χ0) is 14.6. The Kier molecular flexibility index (Phi) is 4.52.